The Morgan fingerprint density at radius 2 is 1.67 bits per heavy atom. The molecule has 0 bridgehead atoms. The second-order valence-electron chi connectivity index (χ2n) is 12.5. The van der Waals surface area contributed by atoms with Crippen LogP contribution in [0.4, 0.5) is 0 Å². The number of furan rings is 1. The van der Waals surface area contributed by atoms with Crippen molar-refractivity contribution in [3.05, 3.63) is 82.1 Å². The first-order valence-corrected chi connectivity index (χ1v) is 15.2. The van der Waals surface area contributed by atoms with Crippen LogP contribution in [0.15, 0.2) is 58.5 Å². The zero-order chi connectivity index (χ0) is 30.2. The molecular weight excluding hydrogens is 524 g/mol. The highest BCUT2D eigenvalue weighted by atomic mass is 16.6. The van der Waals surface area contributed by atoms with Gasteiger partial charge in [0.2, 0.25) is 0 Å². The fourth-order valence-electron chi connectivity index (χ4n) is 5.63. The number of carbonyl (C=O) groups excluding carboxylic acids is 2. The highest BCUT2D eigenvalue weighted by Crippen LogP contribution is 2.29. The molecule has 0 aliphatic carbocycles. The molecule has 0 radical (unpaired) electrons. The van der Waals surface area contributed by atoms with E-state index in [1.165, 1.54) is 5.56 Å². The highest BCUT2D eigenvalue weighted by Gasteiger charge is 2.30. The van der Waals surface area contributed by atoms with Crippen molar-refractivity contribution in [3.8, 4) is 11.8 Å². The molecule has 0 saturated carbocycles. The maximum atomic E-state index is 12.5. The van der Waals surface area contributed by atoms with E-state index in [2.05, 4.69) is 58.6 Å². The molecule has 3 aromatic rings. The van der Waals surface area contributed by atoms with E-state index < -0.39 is 6.10 Å². The Bertz CT molecular complexity index is 1470. The van der Waals surface area contributed by atoms with E-state index in [4.69, 9.17) is 13.9 Å². The summed E-state index contributed by atoms with van der Waals surface area (Å²) in [6.07, 6.45) is 5.91. The van der Waals surface area contributed by atoms with Gasteiger partial charge in [-0.15, -0.1) is 0 Å². The van der Waals surface area contributed by atoms with Gasteiger partial charge < -0.3 is 13.9 Å². The largest absolute Gasteiger partial charge is 0.462 e. The monoisotopic (exact) mass is 568 g/mol. The number of allylic oxidation sites excluding steroid dienone is 1. The van der Waals surface area contributed by atoms with E-state index in [1.54, 1.807) is 0 Å². The number of carbonyl (C=O) groups is 2. The van der Waals surface area contributed by atoms with E-state index in [9.17, 15) is 9.59 Å². The fraction of sp³-hybridized carbons (Fsp3) is 0.459. The van der Waals surface area contributed by atoms with Gasteiger partial charge in [0.05, 0.1) is 6.42 Å². The molecule has 1 unspecified atom stereocenters. The standard InChI is InChI=1S/C37H44O5/c1-24(2)19-30(20-25(3)4)13-15-31-22-32(41-37(31)39)23-40-36(38)18-17-34-27(6)33-21-29(14-16-35(33)42-34)12-11-28-9-7-26(5)8-10-28/h7-10,14-16,21,24-25,30,32H,13,17-20,22-23H2,1-6H3/b31-15+. The van der Waals surface area contributed by atoms with Crippen molar-refractivity contribution in [2.75, 3.05) is 6.61 Å². The second kappa shape index (κ2) is 14.4. The lowest BCUT2D eigenvalue weighted by Gasteiger charge is -2.19. The average Bonchev–Trinajstić information content (AvgIpc) is 3.46. The Balaban J connectivity index is 1.27. The number of esters is 2. The van der Waals surface area contributed by atoms with Gasteiger partial charge in [0.15, 0.2) is 0 Å². The van der Waals surface area contributed by atoms with Crippen LogP contribution < -0.4 is 0 Å². The van der Waals surface area contributed by atoms with Gasteiger partial charge in [0.25, 0.3) is 0 Å². The van der Waals surface area contributed by atoms with Gasteiger partial charge in [-0.25, -0.2) is 4.79 Å². The molecule has 222 valence electrons. The third kappa shape index (κ3) is 8.86. The van der Waals surface area contributed by atoms with Crippen molar-refractivity contribution >= 4 is 22.9 Å². The summed E-state index contributed by atoms with van der Waals surface area (Å²) in [5.74, 6) is 8.39. The minimum Gasteiger partial charge on any atom is -0.462 e. The van der Waals surface area contributed by atoms with Gasteiger partial charge in [-0.3, -0.25) is 4.79 Å². The first kappa shape index (κ1) is 31.2. The molecule has 1 aliphatic heterocycles. The number of fused-ring (bicyclic) bond motifs is 1. The van der Waals surface area contributed by atoms with E-state index in [0.29, 0.717) is 36.2 Å². The van der Waals surface area contributed by atoms with Crippen molar-refractivity contribution < 1.29 is 23.5 Å². The smallest absolute Gasteiger partial charge is 0.334 e. The number of rotatable bonds is 11. The molecule has 2 heterocycles. The maximum absolute atomic E-state index is 12.5. The molecule has 42 heavy (non-hydrogen) atoms. The molecule has 1 fully saturated rings. The number of ether oxygens (including phenoxy) is 2. The fourth-order valence-corrected chi connectivity index (χ4v) is 5.63. The predicted molar refractivity (Wildman–Crippen MR) is 167 cm³/mol. The Morgan fingerprint density at radius 1 is 1.00 bits per heavy atom. The first-order chi connectivity index (χ1) is 20.1. The number of benzene rings is 2. The summed E-state index contributed by atoms with van der Waals surface area (Å²) in [5, 5.41) is 0.996. The number of hydrogen-bond donors (Lipinski definition) is 0. The van der Waals surface area contributed by atoms with Gasteiger partial charge in [0, 0.05) is 34.9 Å². The summed E-state index contributed by atoms with van der Waals surface area (Å²) in [4.78, 5) is 25.0. The minimum absolute atomic E-state index is 0.0749. The lowest BCUT2D eigenvalue weighted by molar-refractivity contribution is -0.152. The maximum Gasteiger partial charge on any atom is 0.334 e. The van der Waals surface area contributed by atoms with Crippen LogP contribution in [0.5, 0.6) is 0 Å². The topological polar surface area (TPSA) is 65.7 Å². The normalized spacial score (nSPS) is 16.0. The SMILES string of the molecule is Cc1ccc(C#Cc2ccc3oc(CCC(=O)OCC4C/C(=C\CC(CC(C)C)CC(C)C)C(=O)O4)c(C)c3c2)cc1. The van der Waals surface area contributed by atoms with Crippen LogP contribution in [0.2, 0.25) is 0 Å². The summed E-state index contributed by atoms with van der Waals surface area (Å²) in [5.41, 5.74) is 5.57. The summed E-state index contributed by atoms with van der Waals surface area (Å²) in [7, 11) is 0. The Kier molecular flexibility index (Phi) is 10.7. The van der Waals surface area contributed by atoms with Gasteiger partial charge in [-0.1, -0.05) is 63.3 Å². The third-order valence-electron chi connectivity index (χ3n) is 7.71. The Morgan fingerprint density at radius 3 is 2.36 bits per heavy atom. The summed E-state index contributed by atoms with van der Waals surface area (Å²) >= 11 is 0. The molecular formula is C37H44O5. The lowest BCUT2D eigenvalue weighted by atomic mass is 9.86. The van der Waals surface area contributed by atoms with Crippen LogP contribution in [0.3, 0.4) is 0 Å². The lowest BCUT2D eigenvalue weighted by Crippen LogP contribution is -2.18. The van der Waals surface area contributed by atoms with E-state index >= 15 is 0 Å². The molecule has 1 aliphatic rings. The molecule has 5 heteroatoms. The van der Waals surface area contributed by atoms with Crippen molar-refractivity contribution in [2.24, 2.45) is 17.8 Å². The average molecular weight is 569 g/mol. The quantitative estimate of drug-likeness (QED) is 0.132. The van der Waals surface area contributed by atoms with Crippen LogP contribution in [0.1, 0.15) is 87.8 Å². The number of hydrogen-bond acceptors (Lipinski definition) is 5. The van der Waals surface area contributed by atoms with Crippen molar-refractivity contribution in [3.63, 3.8) is 0 Å². The van der Waals surface area contributed by atoms with Crippen molar-refractivity contribution in [2.45, 2.75) is 86.2 Å². The van der Waals surface area contributed by atoms with E-state index in [-0.39, 0.29) is 25.0 Å². The van der Waals surface area contributed by atoms with Gasteiger partial charge >= 0.3 is 11.9 Å². The van der Waals surface area contributed by atoms with Crippen LogP contribution in [-0.2, 0) is 25.5 Å². The predicted octanol–water partition coefficient (Wildman–Crippen LogP) is 8.27. The summed E-state index contributed by atoms with van der Waals surface area (Å²) in [6, 6.07) is 14.1. The summed E-state index contributed by atoms with van der Waals surface area (Å²) in [6.45, 7) is 13.1. The molecule has 5 nitrogen and oxygen atoms in total. The minimum atomic E-state index is -0.422. The molecule has 1 atom stereocenters. The highest BCUT2D eigenvalue weighted by molar-refractivity contribution is 5.90. The number of cyclic esters (lactones) is 1. The Labute approximate surface area is 250 Å². The molecule has 4 rings (SSSR count). The Hall–Kier alpha value is -3.78. The van der Waals surface area contributed by atoms with E-state index in [0.717, 1.165) is 52.7 Å². The molecule has 2 aromatic carbocycles. The van der Waals surface area contributed by atoms with Gasteiger partial charge in [0.1, 0.15) is 24.1 Å². The first-order valence-electron chi connectivity index (χ1n) is 15.2. The van der Waals surface area contributed by atoms with Crippen molar-refractivity contribution in [1.82, 2.24) is 0 Å². The van der Waals surface area contributed by atoms with Crippen molar-refractivity contribution in [1.29, 1.82) is 0 Å². The summed E-state index contributed by atoms with van der Waals surface area (Å²) < 4.78 is 17.0. The zero-order valence-corrected chi connectivity index (χ0v) is 25.9. The molecule has 1 aromatic heterocycles. The number of aryl methyl sites for hydroxylation is 3. The van der Waals surface area contributed by atoms with Crippen LogP contribution in [0, 0.1) is 43.4 Å². The third-order valence-corrected chi connectivity index (χ3v) is 7.71. The molecule has 0 N–H and O–H groups in total. The van der Waals surface area contributed by atoms with Gasteiger partial charge in [-0.2, -0.15) is 0 Å². The second-order valence-corrected chi connectivity index (χ2v) is 12.5. The van der Waals surface area contributed by atoms with Crippen LogP contribution >= 0.6 is 0 Å². The zero-order valence-electron chi connectivity index (χ0n) is 25.9. The van der Waals surface area contributed by atoms with Crippen LogP contribution in [0.25, 0.3) is 11.0 Å². The molecule has 0 spiro atoms. The van der Waals surface area contributed by atoms with E-state index in [1.807, 2.05) is 43.3 Å². The van der Waals surface area contributed by atoms with Gasteiger partial charge in [-0.05, 0) is 86.8 Å². The van der Waals surface area contributed by atoms with Crippen LogP contribution in [-0.4, -0.2) is 24.6 Å². The molecule has 1 saturated heterocycles. The molecule has 0 amide bonds.